The largest absolute Gasteiger partial charge is 0.325 e. The molecule has 21 heavy (non-hydrogen) atoms. The maximum absolute atomic E-state index is 12.2. The number of thiophene rings is 1. The lowest BCUT2D eigenvalue weighted by Gasteiger charge is -2.07. The minimum absolute atomic E-state index is 0.0525. The molecule has 0 fully saturated rings. The van der Waals surface area contributed by atoms with Gasteiger partial charge in [-0.2, -0.15) is 0 Å². The van der Waals surface area contributed by atoms with Gasteiger partial charge in [0.1, 0.15) is 11.4 Å². The summed E-state index contributed by atoms with van der Waals surface area (Å²) < 4.78 is 2.35. The second kappa shape index (κ2) is 5.94. The van der Waals surface area contributed by atoms with Crippen molar-refractivity contribution in [2.45, 2.75) is 6.54 Å². The lowest BCUT2D eigenvalue weighted by molar-refractivity contribution is -0.116. The van der Waals surface area contributed by atoms with Crippen LogP contribution in [0.25, 0.3) is 10.2 Å². The molecule has 0 saturated heterocycles. The molecule has 3 rings (SSSR count). The lowest BCUT2D eigenvalue weighted by atomic mass is 10.3. The van der Waals surface area contributed by atoms with Gasteiger partial charge < -0.3 is 5.32 Å². The van der Waals surface area contributed by atoms with Crippen molar-refractivity contribution in [1.29, 1.82) is 0 Å². The van der Waals surface area contributed by atoms with E-state index in [2.05, 4.69) is 32.9 Å². The molecule has 1 N–H and O–H groups in total. The zero-order chi connectivity index (χ0) is 14.8. The van der Waals surface area contributed by atoms with Gasteiger partial charge in [0.15, 0.2) is 0 Å². The van der Waals surface area contributed by atoms with Crippen LogP contribution in [-0.2, 0) is 11.3 Å². The van der Waals surface area contributed by atoms with Crippen molar-refractivity contribution in [3.63, 3.8) is 0 Å². The van der Waals surface area contributed by atoms with E-state index in [1.165, 1.54) is 22.2 Å². The summed E-state index contributed by atoms with van der Waals surface area (Å²) in [5.41, 5.74) is 0.517. The number of carbonyl (C=O) groups is 1. The molecule has 0 unspecified atom stereocenters. The van der Waals surface area contributed by atoms with E-state index in [1.54, 1.807) is 6.07 Å². The van der Waals surface area contributed by atoms with Crippen LogP contribution in [0.5, 0.6) is 0 Å². The predicted molar refractivity (Wildman–Crippen MR) is 91.7 cm³/mol. The molecule has 0 saturated carbocycles. The van der Waals surface area contributed by atoms with E-state index in [0.717, 1.165) is 3.57 Å². The number of hydrogen-bond acceptors (Lipinski definition) is 4. The summed E-state index contributed by atoms with van der Waals surface area (Å²) in [5, 5.41) is 5.13. The van der Waals surface area contributed by atoms with E-state index >= 15 is 0 Å². The molecular formula is C14H10IN3O2S. The van der Waals surface area contributed by atoms with E-state index in [9.17, 15) is 9.59 Å². The second-order valence-corrected chi connectivity index (χ2v) is 6.52. The highest BCUT2D eigenvalue weighted by Gasteiger charge is 2.09. The third-order valence-electron chi connectivity index (χ3n) is 2.87. The SMILES string of the molecule is O=C(Cn1cnc2sccc2c1=O)Nc1cccc(I)c1. The number of rotatable bonds is 3. The van der Waals surface area contributed by atoms with Gasteiger partial charge in [-0.05, 0) is 52.2 Å². The third kappa shape index (κ3) is 3.13. The minimum Gasteiger partial charge on any atom is -0.325 e. The van der Waals surface area contributed by atoms with Crippen molar-refractivity contribution in [2.75, 3.05) is 5.32 Å². The zero-order valence-corrected chi connectivity index (χ0v) is 13.7. The minimum atomic E-state index is -0.254. The molecule has 7 heteroatoms. The quantitative estimate of drug-likeness (QED) is 0.675. The smallest absolute Gasteiger partial charge is 0.262 e. The first-order valence-corrected chi connectivity index (χ1v) is 8.07. The summed E-state index contributed by atoms with van der Waals surface area (Å²) in [7, 11) is 0. The zero-order valence-electron chi connectivity index (χ0n) is 10.7. The molecule has 1 aromatic carbocycles. The van der Waals surface area contributed by atoms with Crippen molar-refractivity contribution in [3.8, 4) is 0 Å². The number of anilines is 1. The van der Waals surface area contributed by atoms with Crippen molar-refractivity contribution in [3.05, 3.63) is 56.0 Å². The van der Waals surface area contributed by atoms with Gasteiger partial charge in [-0.3, -0.25) is 14.2 Å². The summed E-state index contributed by atoms with van der Waals surface area (Å²) in [5.74, 6) is -0.254. The number of carbonyl (C=O) groups excluding carboxylic acids is 1. The molecule has 0 bridgehead atoms. The number of halogens is 1. The van der Waals surface area contributed by atoms with Gasteiger partial charge in [-0.1, -0.05) is 6.07 Å². The summed E-state index contributed by atoms with van der Waals surface area (Å²) in [6.45, 7) is -0.0525. The number of hydrogen-bond donors (Lipinski definition) is 1. The van der Waals surface area contributed by atoms with Crippen LogP contribution in [0.2, 0.25) is 0 Å². The summed E-state index contributed by atoms with van der Waals surface area (Å²) in [4.78, 5) is 29.1. The summed E-state index contributed by atoms with van der Waals surface area (Å²) >= 11 is 3.58. The Morgan fingerprint density at radius 3 is 3.05 bits per heavy atom. The van der Waals surface area contributed by atoms with Crippen LogP contribution >= 0.6 is 33.9 Å². The highest BCUT2D eigenvalue weighted by Crippen LogP contribution is 2.14. The van der Waals surface area contributed by atoms with Crippen LogP contribution in [0.4, 0.5) is 5.69 Å². The van der Waals surface area contributed by atoms with Gasteiger partial charge in [0.05, 0.1) is 11.7 Å². The molecule has 3 aromatic rings. The Kier molecular flexibility index (Phi) is 4.02. The van der Waals surface area contributed by atoms with Crippen LogP contribution in [0.15, 0.2) is 46.8 Å². The first-order chi connectivity index (χ1) is 10.1. The molecule has 2 aromatic heterocycles. The Labute approximate surface area is 137 Å². The standard InChI is InChI=1S/C14H10IN3O2S/c15-9-2-1-3-10(6-9)17-12(19)7-18-8-16-13-11(14(18)20)4-5-21-13/h1-6,8H,7H2,(H,17,19). The summed E-state index contributed by atoms with van der Waals surface area (Å²) in [6, 6.07) is 9.20. The highest BCUT2D eigenvalue weighted by atomic mass is 127. The fraction of sp³-hybridized carbons (Fsp3) is 0.0714. The van der Waals surface area contributed by atoms with Crippen molar-refractivity contribution < 1.29 is 4.79 Å². The van der Waals surface area contributed by atoms with Gasteiger partial charge in [0.25, 0.3) is 5.56 Å². The van der Waals surface area contributed by atoms with Gasteiger partial charge in [0.2, 0.25) is 5.91 Å². The van der Waals surface area contributed by atoms with Crippen LogP contribution in [0.3, 0.4) is 0 Å². The first kappa shape index (κ1) is 14.2. The number of benzene rings is 1. The number of amides is 1. The van der Waals surface area contributed by atoms with Crippen LogP contribution in [0, 0.1) is 3.57 Å². The molecule has 0 aliphatic rings. The number of nitrogens with zero attached hydrogens (tertiary/aromatic N) is 2. The monoisotopic (exact) mass is 411 g/mol. The Morgan fingerprint density at radius 2 is 2.24 bits per heavy atom. The molecule has 2 heterocycles. The van der Waals surface area contributed by atoms with Gasteiger partial charge in [0, 0.05) is 9.26 Å². The van der Waals surface area contributed by atoms with E-state index in [4.69, 9.17) is 0 Å². The molecule has 106 valence electrons. The van der Waals surface area contributed by atoms with Gasteiger partial charge in [-0.15, -0.1) is 11.3 Å². The number of fused-ring (bicyclic) bond motifs is 1. The van der Waals surface area contributed by atoms with Crippen molar-refractivity contribution in [1.82, 2.24) is 9.55 Å². The van der Waals surface area contributed by atoms with Crippen LogP contribution < -0.4 is 10.9 Å². The average molecular weight is 411 g/mol. The molecule has 0 atom stereocenters. The molecule has 0 radical (unpaired) electrons. The highest BCUT2D eigenvalue weighted by molar-refractivity contribution is 14.1. The predicted octanol–water partition coefficient (Wildman–Crippen LogP) is 2.70. The van der Waals surface area contributed by atoms with Gasteiger partial charge >= 0.3 is 0 Å². The second-order valence-electron chi connectivity index (χ2n) is 4.38. The van der Waals surface area contributed by atoms with Crippen molar-refractivity contribution >= 4 is 55.7 Å². The number of nitrogens with one attached hydrogen (secondary N) is 1. The Hall–Kier alpha value is -1.74. The maximum Gasteiger partial charge on any atom is 0.262 e. The lowest BCUT2D eigenvalue weighted by Crippen LogP contribution is -2.27. The van der Waals surface area contributed by atoms with E-state index < -0.39 is 0 Å². The summed E-state index contributed by atoms with van der Waals surface area (Å²) in [6.07, 6.45) is 1.41. The fourth-order valence-corrected chi connectivity index (χ4v) is 3.19. The topological polar surface area (TPSA) is 64.0 Å². The normalized spacial score (nSPS) is 10.7. The maximum atomic E-state index is 12.2. The van der Waals surface area contributed by atoms with E-state index in [0.29, 0.717) is 15.9 Å². The average Bonchev–Trinajstić information content (AvgIpc) is 2.91. The van der Waals surface area contributed by atoms with Gasteiger partial charge in [-0.25, -0.2) is 4.98 Å². The molecule has 0 aliphatic heterocycles. The molecule has 5 nitrogen and oxygen atoms in total. The Morgan fingerprint density at radius 1 is 1.38 bits per heavy atom. The third-order valence-corrected chi connectivity index (χ3v) is 4.36. The van der Waals surface area contributed by atoms with Crippen LogP contribution in [-0.4, -0.2) is 15.5 Å². The first-order valence-electron chi connectivity index (χ1n) is 6.11. The molecule has 0 spiro atoms. The van der Waals surface area contributed by atoms with E-state index in [-0.39, 0.29) is 18.0 Å². The van der Waals surface area contributed by atoms with Crippen LogP contribution in [0.1, 0.15) is 0 Å². The molecular weight excluding hydrogens is 401 g/mol. The molecule has 0 aliphatic carbocycles. The Bertz CT molecular complexity index is 872. The van der Waals surface area contributed by atoms with E-state index in [1.807, 2.05) is 29.6 Å². The Balaban J connectivity index is 1.80. The molecule has 1 amide bonds. The fourth-order valence-electron chi connectivity index (χ4n) is 1.93. The number of aromatic nitrogens is 2. The van der Waals surface area contributed by atoms with Crippen molar-refractivity contribution in [2.24, 2.45) is 0 Å².